The Bertz CT molecular complexity index is 781. The Morgan fingerprint density at radius 2 is 1.69 bits per heavy atom. The van der Waals surface area contributed by atoms with Crippen LogP contribution in [0.25, 0.3) is 0 Å². The van der Waals surface area contributed by atoms with Gasteiger partial charge >= 0.3 is 6.36 Å². The highest BCUT2D eigenvalue weighted by molar-refractivity contribution is 5.85. The van der Waals surface area contributed by atoms with Gasteiger partial charge in [-0.15, -0.1) is 13.2 Å². The number of rotatable bonds is 5. The molecule has 0 aromatic heterocycles. The van der Waals surface area contributed by atoms with Crippen LogP contribution < -0.4 is 4.74 Å². The number of nitrogens with zero attached hydrogens (tertiary/aromatic N) is 2. The van der Waals surface area contributed by atoms with E-state index in [-0.39, 0.29) is 11.7 Å². The maximum absolute atomic E-state index is 13.7. The molecule has 4 rings (SSSR count). The van der Waals surface area contributed by atoms with Crippen LogP contribution in [-0.4, -0.2) is 65.0 Å². The maximum Gasteiger partial charge on any atom is 0.573 e. The quantitative estimate of drug-likeness (QED) is 0.714. The minimum atomic E-state index is -4.81. The van der Waals surface area contributed by atoms with E-state index in [0.29, 0.717) is 37.5 Å². The molecule has 0 unspecified atom stereocenters. The zero-order valence-corrected chi connectivity index (χ0v) is 18.4. The lowest BCUT2D eigenvalue weighted by Gasteiger charge is -2.43. The van der Waals surface area contributed by atoms with Crippen molar-refractivity contribution in [2.75, 3.05) is 26.2 Å². The van der Waals surface area contributed by atoms with Crippen LogP contribution in [0.2, 0.25) is 0 Å². The third-order valence-corrected chi connectivity index (χ3v) is 7.36. The normalized spacial score (nSPS) is 23.8. The van der Waals surface area contributed by atoms with Gasteiger partial charge in [0.15, 0.2) is 0 Å². The van der Waals surface area contributed by atoms with Crippen LogP contribution >= 0.6 is 0 Å². The summed E-state index contributed by atoms with van der Waals surface area (Å²) in [5.74, 6) is -1.43. The summed E-state index contributed by atoms with van der Waals surface area (Å²) in [5, 5.41) is 11.5. The lowest BCUT2D eigenvalue weighted by atomic mass is 9.72. The lowest BCUT2D eigenvalue weighted by Crippen LogP contribution is -2.52. The summed E-state index contributed by atoms with van der Waals surface area (Å²) in [4.78, 5) is 18.0. The van der Waals surface area contributed by atoms with Crippen molar-refractivity contribution < 1.29 is 27.8 Å². The molecule has 1 aliphatic carbocycles. The number of amides is 1. The van der Waals surface area contributed by atoms with Crippen molar-refractivity contribution in [3.63, 3.8) is 0 Å². The molecule has 0 radical (unpaired) electrons. The predicted octanol–water partition coefficient (Wildman–Crippen LogP) is 4.45. The van der Waals surface area contributed by atoms with Gasteiger partial charge in [0.05, 0.1) is 11.5 Å². The van der Waals surface area contributed by atoms with Crippen molar-refractivity contribution in [2.24, 2.45) is 0 Å². The van der Waals surface area contributed by atoms with E-state index in [1.807, 2.05) is 0 Å². The SMILES string of the molecule is O=C([C@H](c1cccc(OC(F)(F)F)c1)C1(O)CCCCC1)N1CCC(N2CCCC2)CC1. The van der Waals surface area contributed by atoms with Gasteiger partial charge < -0.3 is 19.6 Å². The van der Waals surface area contributed by atoms with Gasteiger partial charge in [0, 0.05) is 19.1 Å². The summed E-state index contributed by atoms with van der Waals surface area (Å²) in [6.45, 7) is 3.47. The summed E-state index contributed by atoms with van der Waals surface area (Å²) in [7, 11) is 0. The fourth-order valence-electron chi connectivity index (χ4n) is 5.77. The van der Waals surface area contributed by atoms with Crippen LogP contribution in [0.4, 0.5) is 13.2 Å². The van der Waals surface area contributed by atoms with Gasteiger partial charge in [-0.05, 0) is 69.3 Å². The molecular formula is C24H33F3N2O3. The summed E-state index contributed by atoms with van der Waals surface area (Å²) in [6.07, 6.45) is 2.97. The van der Waals surface area contributed by atoms with Crippen LogP contribution in [0.15, 0.2) is 24.3 Å². The first kappa shape index (κ1) is 23.4. The first-order valence-electron chi connectivity index (χ1n) is 11.9. The second kappa shape index (κ2) is 9.59. The number of benzene rings is 1. The Morgan fingerprint density at radius 3 is 2.31 bits per heavy atom. The Hall–Kier alpha value is -1.80. The lowest BCUT2D eigenvalue weighted by molar-refractivity contribution is -0.274. The highest BCUT2D eigenvalue weighted by Gasteiger charge is 2.45. The summed E-state index contributed by atoms with van der Waals surface area (Å²) >= 11 is 0. The smallest absolute Gasteiger partial charge is 0.406 e. The number of carbonyl (C=O) groups excluding carboxylic acids is 1. The first-order chi connectivity index (χ1) is 15.3. The topological polar surface area (TPSA) is 53.0 Å². The number of likely N-dealkylation sites (tertiary alicyclic amines) is 2. The van der Waals surface area contributed by atoms with Crippen molar-refractivity contribution >= 4 is 5.91 Å². The zero-order valence-electron chi connectivity index (χ0n) is 18.4. The Kier molecular flexibility index (Phi) is 7.00. The molecule has 1 aromatic carbocycles. The monoisotopic (exact) mass is 454 g/mol. The van der Waals surface area contributed by atoms with E-state index in [1.54, 1.807) is 11.0 Å². The molecule has 3 aliphatic rings. The molecule has 0 spiro atoms. The second-order valence-electron chi connectivity index (χ2n) is 9.52. The second-order valence-corrected chi connectivity index (χ2v) is 9.52. The Labute approximate surface area is 187 Å². The van der Waals surface area contributed by atoms with Crippen molar-refractivity contribution in [1.29, 1.82) is 0 Å². The number of hydrogen-bond donors (Lipinski definition) is 1. The van der Waals surface area contributed by atoms with Crippen LogP contribution in [0, 0.1) is 0 Å². The van der Waals surface area contributed by atoms with Crippen molar-refractivity contribution in [3.05, 3.63) is 29.8 Å². The Balaban J connectivity index is 1.55. The summed E-state index contributed by atoms with van der Waals surface area (Å²) in [6, 6.07) is 6.07. The van der Waals surface area contributed by atoms with Gasteiger partial charge in [-0.3, -0.25) is 4.79 Å². The highest BCUT2D eigenvalue weighted by Crippen LogP contribution is 2.42. The van der Waals surface area contributed by atoms with Crippen molar-refractivity contribution in [2.45, 2.75) is 81.7 Å². The van der Waals surface area contributed by atoms with Crippen molar-refractivity contribution in [1.82, 2.24) is 9.80 Å². The van der Waals surface area contributed by atoms with Crippen LogP contribution in [0.5, 0.6) is 5.75 Å². The van der Waals surface area contributed by atoms with Gasteiger partial charge in [0.2, 0.25) is 5.91 Å². The fraction of sp³-hybridized carbons (Fsp3) is 0.708. The first-order valence-corrected chi connectivity index (χ1v) is 11.9. The molecule has 178 valence electrons. The standard InChI is InChI=1S/C24H33F3N2O3/c25-24(26,27)32-20-8-6-7-18(17-20)21(23(31)11-2-1-3-12-23)22(30)29-15-9-19(10-16-29)28-13-4-5-14-28/h6-8,17,19,21,31H,1-5,9-16H2/t21-/m0/s1. The number of piperidine rings is 1. The van der Waals surface area contributed by atoms with Gasteiger partial charge in [-0.2, -0.15) is 0 Å². The minimum absolute atomic E-state index is 0.182. The van der Waals surface area contributed by atoms with Crippen LogP contribution in [0.1, 0.15) is 69.3 Å². The molecule has 5 nitrogen and oxygen atoms in total. The molecular weight excluding hydrogens is 421 g/mol. The minimum Gasteiger partial charge on any atom is -0.406 e. The third kappa shape index (κ3) is 5.39. The van der Waals surface area contributed by atoms with Gasteiger partial charge in [0.1, 0.15) is 5.75 Å². The number of alkyl halides is 3. The van der Waals surface area contributed by atoms with E-state index in [9.17, 15) is 23.1 Å². The molecule has 2 heterocycles. The summed E-state index contributed by atoms with van der Waals surface area (Å²) < 4.78 is 42.4. The third-order valence-electron chi connectivity index (χ3n) is 7.36. The number of carbonyl (C=O) groups is 1. The molecule has 3 fully saturated rings. The number of halogens is 3. The average Bonchev–Trinajstić information content (AvgIpc) is 3.28. The predicted molar refractivity (Wildman–Crippen MR) is 114 cm³/mol. The highest BCUT2D eigenvalue weighted by atomic mass is 19.4. The van der Waals surface area contributed by atoms with E-state index in [2.05, 4.69) is 9.64 Å². The molecule has 32 heavy (non-hydrogen) atoms. The molecule has 2 saturated heterocycles. The molecule has 0 bridgehead atoms. The number of aliphatic hydroxyl groups is 1. The fourth-order valence-corrected chi connectivity index (χ4v) is 5.77. The van der Waals surface area contributed by atoms with Gasteiger partial charge in [0.25, 0.3) is 0 Å². The van der Waals surface area contributed by atoms with Crippen LogP contribution in [0.3, 0.4) is 0 Å². The van der Waals surface area contributed by atoms with E-state index < -0.39 is 17.9 Å². The van der Waals surface area contributed by atoms with E-state index in [4.69, 9.17) is 0 Å². The molecule has 1 N–H and O–H groups in total. The average molecular weight is 455 g/mol. The number of hydrogen-bond acceptors (Lipinski definition) is 4. The molecule has 1 amide bonds. The van der Waals surface area contributed by atoms with Crippen molar-refractivity contribution in [3.8, 4) is 5.75 Å². The molecule has 1 aromatic rings. The molecule has 1 saturated carbocycles. The number of ether oxygens (including phenoxy) is 1. The maximum atomic E-state index is 13.7. The molecule has 2 aliphatic heterocycles. The van der Waals surface area contributed by atoms with E-state index in [0.717, 1.165) is 45.2 Å². The van der Waals surface area contributed by atoms with E-state index in [1.165, 1.54) is 31.0 Å². The molecule has 8 heteroatoms. The zero-order chi connectivity index (χ0) is 22.8. The molecule has 1 atom stereocenters. The largest absolute Gasteiger partial charge is 0.573 e. The van der Waals surface area contributed by atoms with E-state index >= 15 is 0 Å². The van der Waals surface area contributed by atoms with Crippen LogP contribution in [-0.2, 0) is 4.79 Å². The Morgan fingerprint density at radius 1 is 1.03 bits per heavy atom. The van der Waals surface area contributed by atoms with Gasteiger partial charge in [-0.1, -0.05) is 31.4 Å². The summed E-state index contributed by atoms with van der Waals surface area (Å²) in [5.41, 5.74) is -0.860. The van der Waals surface area contributed by atoms with Gasteiger partial charge in [-0.25, -0.2) is 0 Å².